The van der Waals surface area contributed by atoms with E-state index in [1.54, 1.807) is 0 Å². The monoisotopic (exact) mass is 187 g/mol. The van der Waals surface area contributed by atoms with Crippen LogP contribution in [0.2, 0.25) is 0 Å². The Hall–Kier alpha value is -0.160. The van der Waals surface area contributed by atoms with Crippen molar-refractivity contribution in [2.24, 2.45) is 0 Å². The van der Waals surface area contributed by atoms with Crippen molar-refractivity contribution in [2.45, 2.75) is 50.2 Å². The summed E-state index contributed by atoms with van der Waals surface area (Å²) in [5, 5.41) is 28.8. The van der Waals surface area contributed by atoms with Crippen molar-refractivity contribution in [1.29, 1.82) is 0 Å². The number of nitrogens with zero attached hydrogens (tertiary/aromatic N) is 1. The molecule has 76 valence electrons. The van der Waals surface area contributed by atoms with Crippen LogP contribution in [0.4, 0.5) is 0 Å². The third kappa shape index (κ3) is 1.38. The molecule has 2 saturated heterocycles. The van der Waals surface area contributed by atoms with Crippen molar-refractivity contribution in [3.05, 3.63) is 0 Å². The Labute approximate surface area is 77.8 Å². The summed E-state index contributed by atoms with van der Waals surface area (Å²) in [5.74, 6) is 0. The zero-order valence-electron chi connectivity index (χ0n) is 7.80. The van der Waals surface area contributed by atoms with Crippen molar-refractivity contribution >= 4 is 0 Å². The fourth-order valence-corrected chi connectivity index (χ4v) is 2.54. The Bertz CT molecular complexity index is 199. The van der Waals surface area contributed by atoms with E-state index in [9.17, 15) is 15.3 Å². The molecule has 4 nitrogen and oxygen atoms in total. The van der Waals surface area contributed by atoms with Gasteiger partial charge in [-0.3, -0.25) is 4.90 Å². The largest absolute Gasteiger partial charge is 0.391 e. The first-order chi connectivity index (χ1) is 6.11. The Kier molecular flexibility index (Phi) is 2.32. The second-order valence-electron chi connectivity index (χ2n) is 4.24. The van der Waals surface area contributed by atoms with Gasteiger partial charge in [0.05, 0.1) is 24.4 Å². The van der Waals surface area contributed by atoms with Crippen molar-refractivity contribution in [3.8, 4) is 0 Å². The highest BCUT2D eigenvalue weighted by Gasteiger charge is 2.47. The van der Waals surface area contributed by atoms with Crippen LogP contribution in [0.1, 0.15) is 19.8 Å². The van der Waals surface area contributed by atoms with E-state index in [-0.39, 0.29) is 6.04 Å². The molecule has 0 amide bonds. The molecule has 4 heteroatoms. The molecule has 2 aliphatic heterocycles. The molecule has 5 atom stereocenters. The lowest BCUT2D eigenvalue weighted by Crippen LogP contribution is -2.52. The lowest BCUT2D eigenvalue weighted by molar-refractivity contribution is -0.0422. The zero-order valence-corrected chi connectivity index (χ0v) is 7.80. The van der Waals surface area contributed by atoms with Gasteiger partial charge in [0.1, 0.15) is 0 Å². The van der Waals surface area contributed by atoms with Gasteiger partial charge in [0.15, 0.2) is 0 Å². The molecule has 2 rings (SSSR count). The lowest BCUT2D eigenvalue weighted by Gasteiger charge is -2.39. The summed E-state index contributed by atoms with van der Waals surface area (Å²) in [4.78, 5) is 2.02. The van der Waals surface area contributed by atoms with E-state index in [4.69, 9.17) is 0 Å². The molecule has 2 fully saturated rings. The van der Waals surface area contributed by atoms with Crippen molar-refractivity contribution < 1.29 is 15.3 Å². The summed E-state index contributed by atoms with van der Waals surface area (Å²) in [7, 11) is 0. The van der Waals surface area contributed by atoms with E-state index in [1.165, 1.54) is 0 Å². The van der Waals surface area contributed by atoms with Crippen LogP contribution in [-0.4, -0.2) is 57.2 Å². The second kappa shape index (κ2) is 3.20. The van der Waals surface area contributed by atoms with Gasteiger partial charge in [0, 0.05) is 12.6 Å². The normalized spacial score (nSPS) is 52.2. The van der Waals surface area contributed by atoms with Gasteiger partial charge in [-0.15, -0.1) is 0 Å². The molecule has 0 saturated carbocycles. The van der Waals surface area contributed by atoms with E-state index in [0.717, 1.165) is 12.8 Å². The predicted octanol–water partition coefficient (Wildman–Crippen LogP) is -1.06. The van der Waals surface area contributed by atoms with Crippen LogP contribution in [-0.2, 0) is 0 Å². The quantitative estimate of drug-likeness (QED) is 0.452. The highest BCUT2D eigenvalue weighted by atomic mass is 16.3. The van der Waals surface area contributed by atoms with Crippen LogP contribution in [0, 0.1) is 0 Å². The number of fused-ring (bicyclic) bond motifs is 1. The highest BCUT2D eigenvalue weighted by Crippen LogP contribution is 2.31. The number of hydrogen-bond donors (Lipinski definition) is 3. The molecule has 0 aromatic carbocycles. The van der Waals surface area contributed by atoms with Gasteiger partial charge in [0.2, 0.25) is 0 Å². The number of hydrogen-bond acceptors (Lipinski definition) is 4. The molecule has 2 heterocycles. The lowest BCUT2D eigenvalue weighted by atomic mass is 9.93. The third-order valence-electron chi connectivity index (χ3n) is 3.37. The van der Waals surface area contributed by atoms with Crippen molar-refractivity contribution in [2.75, 3.05) is 6.54 Å². The van der Waals surface area contributed by atoms with Gasteiger partial charge in [-0.2, -0.15) is 0 Å². The maximum atomic E-state index is 9.67. The summed E-state index contributed by atoms with van der Waals surface area (Å²) < 4.78 is 0. The SMILES string of the molecule is CC1CC[C@@H](O)[C@@H]2[C@H](O)[C@H](O)CN12. The fourth-order valence-electron chi connectivity index (χ4n) is 2.54. The zero-order chi connectivity index (χ0) is 9.59. The van der Waals surface area contributed by atoms with Gasteiger partial charge in [-0.05, 0) is 19.8 Å². The second-order valence-corrected chi connectivity index (χ2v) is 4.24. The molecule has 0 spiro atoms. The van der Waals surface area contributed by atoms with Gasteiger partial charge in [0.25, 0.3) is 0 Å². The molecule has 0 bridgehead atoms. The molecular weight excluding hydrogens is 170 g/mol. The first-order valence-electron chi connectivity index (χ1n) is 4.91. The summed E-state index contributed by atoms with van der Waals surface area (Å²) in [6, 6.07) is 0.110. The van der Waals surface area contributed by atoms with Crippen LogP contribution in [0.15, 0.2) is 0 Å². The average molecular weight is 187 g/mol. The standard InChI is InChI=1S/C9H17NO3/c1-5-2-3-6(11)8-9(13)7(12)4-10(5)8/h5-9,11-13H,2-4H2,1H3/t5?,6-,7-,8-,9-/m1/s1. The number of aliphatic hydroxyl groups is 3. The van der Waals surface area contributed by atoms with Gasteiger partial charge in [-0.1, -0.05) is 0 Å². The van der Waals surface area contributed by atoms with E-state index >= 15 is 0 Å². The molecule has 1 unspecified atom stereocenters. The minimum atomic E-state index is -0.780. The van der Waals surface area contributed by atoms with Gasteiger partial charge in [-0.25, -0.2) is 0 Å². The van der Waals surface area contributed by atoms with E-state index in [1.807, 2.05) is 4.90 Å². The number of piperidine rings is 1. The molecule has 0 aromatic rings. The fraction of sp³-hybridized carbons (Fsp3) is 1.00. The highest BCUT2D eigenvalue weighted by molar-refractivity contribution is 5.01. The molecule has 3 N–H and O–H groups in total. The first kappa shape index (κ1) is 9.40. The van der Waals surface area contributed by atoms with E-state index in [0.29, 0.717) is 12.6 Å². The molecule has 2 aliphatic rings. The van der Waals surface area contributed by atoms with Crippen LogP contribution >= 0.6 is 0 Å². The predicted molar refractivity (Wildman–Crippen MR) is 47.2 cm³/mol. The van der Waals surface area contributed by atoms with Gasteiger partial charge >= 0.3 is 0 Å². The average Bonchev–Trinajstić information content (AvgIpc) is 2.38. The Balaban J connectivity index is 2.17. The smallest absolute Gasteiger partial charge is 0.0991 e. The van der Waals surface area contributed by atoms with Crippen LogP contribution < -0.4 is 0 Å². The third-order valence-corrected chi connectivity index (χ3v) is 3.37. The molecule has 0 aromatic heterocycles. The van der Waals surface area contributed by atoms with Crippen molar-refractivity contribution in [1.82, 2.24) is 4.90 Å². The summed E-state index contributed by atoms with van der Waals surface area (Å²) >= 11 is 0. The molecule has 0 radical (unpaired) electrons. The van der Waals surface area contributed by atoms with Crippen LogP contribution in [0.25, 0.3) is 0 Å². The summed E-state index contributed by atoms with van der Waals surface area (Å²) in [6.45, 7) is 2.56. The maximum absolute atomic E-state index is 9.67. The Morgan fingerprint density at radius 2 is 1.77 bits per heavy atom. The molecule has 0 aliphatic carbocycles. The van der Waals surface area contributed by atoms with Crippen LogP contribution in [0.3, 0.4) is 0 Å². The maximum Gasteiger partial charge on any atom is 0.0991 e. The molecular formula is C9H17NO3. The van der Waals surface area contributed by atoms with Crippen molar-refractivity contribution in [3.63, 3.8) is 0 Å². The summed E-state index contributed by atoms with van der Waals surface area (Å²) in [5.41, 5.74) is 0. The van der Waals surface area contributed by atoms with Crippen LogP contribution in [0.5, 0.6) is 0 Å². The Morgan fingerprint density at radius 3 is 2.38 bits per heavy atom. The minimum absolute atomic E-state index is 0.251. The van der Waals surface area contributed by atoms with Gasteiger partial charge < -0.3 is 15.3 Å². The van der Waals surface area contributed by atoms with E-state index < -0.39 is 18.3 Å². The van der Waals surface area contributed by atoms with E-state index in [2.05, 4.69) is 6.92 Å². The topological polar surface area (TPSA) is 63.9 Å². The minimum Gasteiger partial charge on any atom is -0.391 e. The Morgan fingerprint density at radius 1 is 1.08 bits per heavy atom. The number of aliphatic hydroxyl groups excluding tert-OH is 3. The first-order valence-corrected chi connectivity index (χ1v) is 4.91. The summed E-state index contributed by atoms with van der Waals surface area (Å²) in [6.07, 6.45) is -0.287. The number of rotatable bonds is 0. The molecule has 13 heavy (non-hydrogen) atoms.